The van der Waals surface area contributed by atoms with Gasteiger partial charge in [-0.1, -0.05) is 6.07 Å². The molecule has 0 bridgehead atoms. The number of nitrogens with zero attached hydrogens (tertiary/aromatic N) is 1. The van der Waals surface area contributed by atoms with E-state index < -0.39 is 0 Å². The molecular formula is C14H20N2O2. The number of nitrogens with two attached hydrogens (primary N) is 1. The van der Waals surface area contributed by atoms with Crippen molar-refractivity contribution in [3.05, 3.63) is 23.8 Å². The molecular weight excluding hydrogens is 228 g/mol. The molecule has 0 aliphatic carbocycles. The fraction of sp³-hybridized carbons (Fsp3) is 0.571. The topological polar surface area (TPSA) is 47.7 Å². The fourth-order valence-corrected chi connectivity index (χ4v) is 2.52. The predicted molar refractivity (Wildman–Crippen MR) is 70.0 cm³/mol. The van der Waals surface area contributed by atoms with Crippen molar-refractivity contribution in [2.45, 2.75) is 25.4 Å². The maximum Gasteiger partial charge on any atom is 0.161 e. The summed E-state index contributed by atoms with van der Waals surface area (Å²) in [5, 5.41) is 0. The molecule has 18 heavy (non-hydrogen) atoms. The minimum atomic E-state index is 0.341. The Morgan fingerprint density at radius 3 is 2.67 bits per heavy atom. The largest absolute Gasteiger partial charge is 0.490 e. The lowest BCUT2D eigenvalue weighted by atomic mass is 10.0. The van der Waals surface area contributed by atoms with Crippen LogP contribution < -0.4 is 15.2 Å². The summed E-state index contributed by atoms with van der Waals surface area (Å²) >= 11 is 0. The average molecular weight is 248 g/mol. The fourth-order valence-electron chi connectivity index (χ4n) is 2.52. The molecule has 0 aromatic heterocycles. The molecule has 1 aromatic rings. The first kappa shape index (κ1) is 11.8. The Bertz CT molecular complexity index is 430. The second-order valence-corrected chi connectivity index (χ2v) is 5.15. The number of ether oxygens (including phenoxy) is 2. The summed E-state index contributed by atoms with van der Waals surface area (Å²) in [5.74, 6) is 1.74. The molecule has 1 aromatic carbocycles. The maximum atomic E-state index is 5.83. The Kier molecular flexibility index (Phi) is 3.14. The summed E-state index contributed by atoms with van der Waals surface area (Å²) in [6.45, 7) is 5.65. The lowest BCUT2D eigenvalue weighted by molar-refractivity contribution is 0.103. The van der Waals surface area contributed by atoms with Crippen molar-refractivity contribution in [3.63, 3.8) is 0 Å². The van der Waals surface area contributed by atoms with Gasteiger partial charge in [-0.05, 0) is 24.6 Å². The molecule has 0 saturated carbocycles. The van der Waals surface area contributed by atoms with Crippen LogP contribution in [-0.2, 0) is 0 Å². The monoisotopic (exact) mass is 248 g/mol. The van der Waals surface area contributed by atoms with Gasteiger partial charge >= 0.3 is 0 Å². The molecule has 3 rings (SSSR count). The molecule has 0 spiro atoms. The molecule has 4 nitrogen and oxygen atoms in total. The minimum Gasteiger partial charge on any atom is -0.490 e. The Hall–Kier alpha value is -1.26. The molecule has 98 valence electrons. The minimum absolute atomic E-state index is 0.341. The summed E-state index contributed by atoms with van der Waals surface area (Å²) < 4.78 is 11.4. The molecule has 4 heteroatoms. The Labute approximate surface area is 108 Å². The molecule has 2 aliphatic rings. The Morgan fingerprint density at radius 2 is 1.94 bits per heavy atom. The summed E-state index contributed by atoms with van der Waals surface area (Å²) in [5.41, 5.74) is 7.10. The van der Waals surface area contributed by atoms with Crippen LogP contribution in [0, 0.1) is 0 Å². The van der Waals surface area contributed by atoms with E-state index in [0.717, 1.165) is 44.2 Å². The van der Waals surface area contributed by atoms with E-state index in [-0.39, 0.29) is 0 Å². The van der Waals surface area contributed by atoms with Crippen LogP contribution in [0.3, 0.4) is 0 Å². The summed E-state index contributed by atoms with van der Waals surface area (Å²) in [6, 6.07) is 6.98. The number of hydrogen-bond acceptors (Lipinski definition) is 4. The van der Waals surface area contributed by atoms with Crippen molar-refractivity contribution in [3.8, 4) is 11.5 Å². The quantitative estimate of drug-likeness (QED) is 0.862. The zero-order valence-corrected chi connectivity index (χ0v) is 10.8. The van der Waals surface area contributed by atoms with E-state index in [4.69, 9.17) is 15.2 Å². The van der Waals surface area contributed by atoms with E-state index >= 15 is 0 Å². The second kappa shape index (κ2) is 4.78. The van der Waals surface area contributed by atoms with Crippen LogP contribution >= 0.6 is 0 Å². The Morgan fingerprint density at radius 1 is 1.22 bits per heavy atom. The van der Waals surface area contributed by atoms with Crippen LogP contribution in [0.15, 0.2) is 18.2 Å². The van der Waals surface area contributed by atoms with E-state index in [0.29, 0.717) is 12.1 Å². The molecule has 1 saturated heterocycles. The molecule has 2 aliphatic heterocycles. The number of rotatable bonds is 2. The van der Waals surface area contributed by atoms with Gasteiger partial charge in [-0.25, -0.2) is 0 Å². The maximum absolute atomic E-state index is 5.83. The van der Waals surface area contributed by atoms with Gasteiger partial charge in [-0.15, -0.1) is 0 Å². The Balaban J connectivity index is 1.78. The standard InChI is InChI=1S/C14H20N2O2/c1-10(16-8-12(15)9-16)11-3-4-13-14(7-11)18-6-2-5-17-13/h3-4,7,10,12H,2,5-6,8-9,15H2,1H3. The van der Waals surface area contributed by atoms with Crippen LogP contribution in [0.1, 0.15) is 24.9 Å². The summed E-state index contributed by atoms with van der Waals surface area (Å²) in [4.78, 5) is 2.38. The zero-order valence-electron chi connectivity index (χ0n) is 10.8. The van der Waals surface area contributed by atoms with Crippen molar-refractivity contribution < 1.29 is 9.47 Å². The van der Waals surface area contributed by atoms with Crippen LogP contribution in [0.5, 0.6) is 11.5 Å². The van der Waals surface area contributed by atoms with Crippen molar-refractivity contribution in [2.75, 3.05) is 26.3 Å². The van der Waals surface area contributed by atoms with Crippen molar-refractivity contribution in [2.24, 2.45) is 5.73 Å². The second-order valence-electron chi connectivity index (χ2n) is 5.15. The molecule has 0 radical (unpaired) electrons. The lowest BCUT2D eigenvalue weighted by Gasteiger charge is -2.41. The lowest BCUT2D eigenvalue weighted by Crippen LogP contribution is -2.56. The van der Waals surface area contributed by atoms with Gasteiger partial charge in [0.2, 0.25) is 0 Å². The van der Waals surface area contributed by atoms with Gasteiger partial charge in [-0.2, -0.15) is 0 Å². The first-order valence-electron chi connectivity index (χ1n) is 6.63. The third kappa shape index (κ3) is 2.18. The first-order valence-corrected chi connectivity index (χ1v) is 6.63. The highest BCUT2D eigenvalue weighted by molar-refractivity contribution is 5.44. The normalized spacial score (nSPS) is 22.1. The van der Waals surface area contributed by atoms with Crippen LogP contribution in [-0.4, -0.2) is 37.2 Å². The number of fused-ring (bicyclic) bond motifs is 1. The molecule has 0 amide bonds. The SMILES string of the molecule is CC(c1ccc2c(c1)OCCCO2)N1CC(N)C1. The molecule has 1 atom stereocenters. The van der Waals surface area contributed by atoms with Crippen LogP contribution in [0.25, 0.3) is 0 Å². The van der Waals surface area contributed by atoms with Gasteiger partial charge in [0.15, 0.2) is 11.5 Å². The van der Waals surface area contributed by atoms with Crippen molar-refractivity contribution in [1.29, 1.82) is 0 Å². The highest BCUT2D eigenvalue weighted by Gasteiger charge is 2.28. The van der Waals surface area contributed by atoms with Gasteiger partial charge < -0.3 is 15.2 Å². The first-order chi connectivity index (χ1) is 8.74. The van der Waals surface area contributed by atoms with Crippen LogP contribution in [0.4, 0.5) is 0 Å². The highest BCUT2D eigenvalue weighted by Crippen LogP contribution is 2.34. The van der Waals surface area contributed by atoms with E-state index in [1.165, 1.54) is 5.56 Å². The van der Waals surface area contributed by atoms with Crippen LogP contribution in [0.2, 0.25) is 0 Å². The third-order valence-electron chi connectivity index (χ3n) is 3.74. The molecule has 1 unspecified atom stereocenters. The molecule has 2 N–H and O–H groups in total. The summed E-state index contributed by atoms with van der Waals surface area (Å²) in [7, 11) is 0. The predicted octanol–water partition coefficient (Wildman–Crippen LogP) is 1.55. The van der Waals surface area contributed by atoms with Gasteiger partial charge in [0.1, 0.15) is 0 Å². The third-order valence-corrected chi connectivity index (χ3v) is 3.74. The zero-order chi connectivity index (χ0) is 12.5. The van der Waals surface area contributed by atoms with Crippen molar-refractivity contribution in [1.82, 2.24) is 4.90 Å². The molecule has 1 fully saturated rings. The highest BCUT2D eigenvalue weighted by atomic mass is 16.5. The van der Waals surface area contributed by atoms with Gasteiger partial charge in [0.25, 0.3) is 0 Å². The number of hydrogen-bond donors (Lipinski definition) is 1. The van der Waals surface area contributed by atoms with E-state index in [1.54, 1.807) is 0 Å². The van der Waals surface area contributed by atoms with Gasteiger partial charge in [0.05, 0.1) is 13.2 Å². The van der Waals surface area contributed by atoms with Gasteiger partial charge in [-0.3, -0.25) is 4.90 Å². The van der Waals surface area contributed by atoms with Crippen molar-refractivity contribution >= 4 is 0 Å². The van der Waals surface area contributed by atoms with Gasteiger partial charge in [0, 0.05) is 31.6 Å². The summed E-state index contributed by atoms with van der Waals surface area (Å²) in [6.07, 6.45) is 0.945. The average Bonchev–Trinajstić information content (AvgIpc) is 2.58. The van der Waals surface area contributed by atoms with E-state index in [1.807, 2.05) is 6.07 Å². The van der Waals surface area contributed by atoms with E-state index in [2.05, 4.69) is 24.0 Å². The van der Waals surface area contributed by atoms with E-state index in [9.17, 15) is 0 Å². The molecule has 2 heterocycles. The smallest absolute Gasteiger partial charge is 0.161 e. The number of benzene rings is 1. The number of likely N-dealkylation sites (tertiary alicyclic amines) is 1.